The largest absolute Gasteiger partial charge is 0.492 e. The average molecular weight is 414 g/mol. The van der Waals surface area contributed by atoms with Gasteiger partial charge in [-0.15, -0.1) is 0 Å². The number of likely N-dealkylation sites (N-methyl/N-ethyl adjacent to an activating group) is 1. The van der Waals surface area contributed by atoms with Gasteiger partial charge in [-0.05, 0) is 55.9 Å². The van der Waals surface area contributed by atoms with Crippen LogP contribution in [0.25, 0.3) is 5.69 Å². The minimum Gasteiger partial charge on any atom is -0.492 e. The molecule has 3 rings (SSSR count). The first kappa shape index (κ1) is 20.9. The van der Waals surface area contributed by atoms with Crippen molar-refractivity contribution >= 4 is 11.6 Å². The molecule has 0 aliphatic carbocycles. The Kier molecular flexibility index (Phi) is 7.27. The summed E-state index contributed by atoms with van der Waals surface area (Å²) in [5.74, 6) is 1.25. The zero-order valence-corrected chi connectivity index (χ0v) is 17.2. The topological polar surface area (TPSA) is 65.4 Å². The summed E-state index contributed by atoms with van der Waals surface area (Å²) >= 11 is 5.82. The maximum atomic E-state index is 12.5. The van der Waals surface area contributed by atoms with Crippen LogP contribution in [0, 0.1) is 0 Å². The molecule has 2 heterocycles. The highest BCUT2D eigenvalue weighted by atomic mass is 35.5. The molecule has 1 aromatic carbocycles. The number of rotatable bonds is 9. The average Bonchev–Trinajstić information content (AvgIpc) is 2.73. The maximum absolute atomic E-state index is 12.5. The molecule has 29 heavy (non-hydrogen) atoms. The standard InChI is InChI=1S/C22H24ClN3O3/c1-3-24-16(2)14-28-20-8-6-19(7-9-20)26-11-10-21(12-22(26)27)29-15-18-5-4-17(23)13-25-18/h4-13,16,24H,3,14-15H2,1-2H3/t16-/m1/s1. The summed E-state index contributed by atoms with van der Waals surface area (Å²) in [5, 5.41) is 3.87. The van der Waals surface area contributed by atoms with Crippen molar-refractivity contribution in [1.29, 1.82) is 0 Å². The van der Waals surface area contributed by atoms with Gasteiger partial charge in [0, 0.05) is 30.2 Å². The third-order valence-electron chi connectivity index (χ3n) is 4.23. The quantitative estimate of drug-likeness (QED) is 0.577. The van der Waals surface area contributed by atoms with Gasteiger partial charge in [0.05, 0.1) is 10.7 Å². The van der Waals surface area contributed by atoms with Gasteiger partial charge in [-0.3, -0.25) is 14.3 Å². The van der Waals surface area contributed by atoms with Crippen LogP contribution < -0.4 is 20.3 Å². The normalized spacial score (nSPS) is 11.8. The number of halogens is 1. The molecule has 0 amide bonds. The van der Waals surface area contributed by atoms with E-state index >= 15 is 0 Å². The lowest BCUT2D eigenvalue weighted by molar-refractivity contribution is 0.275. The monoisotopic (exact) mass is 413 g/mol. The molecule has 3 aromatic rings. The van der Waals surface area contributed by atoms with Gasteiger partial charge >= 0.3 is 0 Å². The number of hydrogen-bond acceptors (Lipinski definition) is 5. The summed E-state index contributed by atoms with van der Waals surface area (Å²) in [5.41, 5.74) is 1.31. The van der Waals surface area contributed by atoms with Crippen molar-refractivity contribution in [1.82, 2.24) is 14.9 Å². The molecular formula is C22H24ClN3O3. The van der Waals surface area contributed by atoms with E-state index in [1.807, 2.05) is 24.3 Å². The molecule has 7 heteroatoms. The summed E-state index contributed by atoms with van der Waals surface area (Å²) in [4.78, 5) is 16.6. The zero-order chi connectivity index (χ0) is 20.6. The van der Waals surface area contributed by atoms with E-state index in [0.717, 1.165) is 23.7 Å². The second kappa shape index (κ2) is 10.1. The highest BCUT2D eigenvalue weighted by Crippen LogP contribution is 2.16. The van der Waals surface area contributed by atoms with E-state index in [-0.39, 0.29) is 18.2 Å². The van der Waals surface area contributed by atoms with Crippen LogP contribution >= 0.6 is 11.6 Å². The first-order valence-corrected chi connectivity index (χ1v) is 9.85. The van der Waals surface area contributed by atoms with Gasteiger partial charge in [0.15, 0.2) is 0 Å². The van der Waals surface area contributed by atoms with E-state index in [0.29, 0.717) is 17.4 Å². The lowest BCUT2D eigenvalue weighted by Crippen LogP contribution is -2.31. The van der Waals surface area contributed by atoms with Crippen LogP contribution in [0.3, 0.4) is 0 Å². The van der Waals surface area contributed by atoms with Gasteiger partial charge < -0.3 is 14.8 Å². The number of benzene rings is 1. The molecule has 2 aromatic heterocycles. The Bertz CT molecular complexity index is 972. The van der Waals surface area contributed by atoms with Crippen LogP contribution in [-0.2, 0) is 6.61 Å². The van der Waals surface area contributed by atoms with Crippen molar-refractivity contribution in [3.05, 3.63) is 82.0 Å². The van der Waals surface area contributed by atoms with Crippen LogP contribution in [-0.4, -0.2) is 28.7 Å². The molecule has 1 atom stereocenters. The number of hydrogen-bond donors (Lipinski definition) is 1. The molecule has 0 spiro atoms. The van der Waals surface area contributed by atoms with E-state index in [1.165, 1.54) is 6.07 Å². The third-order valence-corrected chi connectivity index (χ3v) is 4.46. The van der Waals surface area contributed by atoms with Gasteiger partial charge in [-0.25, -0.2) is 0 Å². The molecule has 0 unspecified atom stereocenters. The van der Waals surface area contributed by atoms with Crippen LogP contribution in [0.15, 0.2) is 65.7 Å². The van der Waals surface area contributed by atoms with Crippen LogP contribution in [0.5, 0.6) is 11.5 Å². The SMILES string of the molecule is CCN[C@H](C)COc1ccc(-n2ccc(OCc3ccc(Cl)cn3)cc2=O)cc1. The molecule has 0 aliphatic rings. The van der Waals surface area contributed by atoms with Crippen molar-refractivity contribution < 1.29 is 9.47 Å². The summed E-state index contributed by atoms with van der Waals surface area (Å²) in [6.07, 6.45) is 3.25. The maximum Gasteiger partial charge on any atom is 0.258 e. The first-order valence-electron chi connectivity index (χ1n) is 9.47. The van der Waals surface area contributed by atoms with Gasteiger partial charge in [0.25, 0.3) is 5.56 Å². The van der Waals surface area contributed by atoms with Crippen molar-refractivity contribution in [3.63, 3.8) is 0 Å². The second-order valence-corrected chi connectivity index (χ2v) is 7.03. The van der Waals surface area contributed by atoms with Crippen molar-refractivity contribution in [2.75, 3.05) is 13.2 Å². The predicted molar refractivity (Wildman–Crippen MR) is 114 cm³/mol. The first-order chi connectivity index (χ1) is 14.0. The Morgan fingerprint density at radius 1 is 1.10 bits per heavy atom. The van der Waals surface area contributed by atoms with Crippen LogP contribution in [0.1, 0.15) is 19.5 Å². The number of nitrogens with one attached hydrogen (secondary N) is 1. The van der Waals surface area contributed by atoms with Gasteiger partial charge in [0.2, 0.25) is 0 Å². The fourth-order valence-electron chi connectivity index (χ4n) is 2.74. The smallest absolute Gasteiger partial charge is 0.258 e. The molecule has 0 aliphatic heterocycles. The van der Waals surface area contributed by atoms with E-state index in [1.54, 1.807) is 35.2 Å². The zero-order valence-electron chi connectivity index (χ0n) is 16.5. The highest BCUT2D eigenvalue weighted by Gasteiger charge is 2.05. The van der Waals surface area contributed by atoms with E-state index in [9.17, 15) is 4.79 Å². The predicted octanol–water partition coefficient (Wildman–Crippen LogP) is 3.84. The lowest BCUT2D eigenvalue weighted by Gasteiger charge is -2.14. The summed E-state index contributed by atoms with van der Waals surface area (Å²) in [7, 11) is 0. The summed E-state index contributed by atoms with van der Waals surface area (Å²) in [6.45, 7) is 5.89. The third kappa shape index (κ3) is 6.07. The van der Waals surface area contributed by atoms with Crippen LogP contribution in [0.4, 0.5) is 0 Å². The number of pyridine rings is 2. The number of ether oxygens (including phenoxy) is 2. The summed E-state index contributed by atoms with van der Waals surface area (Å²) in [6, 6.07) is 14.4. The Morgan fingerprint density at radius 2 is 1.90 bits per heavy atom. The summed E-state index contributed by atoms with van der Waals surface area (Å²) < 4.78 is 13.0. The van der Waals surface area contributed by atoms with Crippen molar-refractivity contribution in [2.45, 2.75) is 26.5 Å². The Balaban J connectivity index is 1.62. The number of nitrogens with zero attached hydrogens (tertiary/aromatic N) is 2. The van der Waals surface area contributed by atoms with Gasteiger partial charge in [-0.1, -0.05) is 18.5 Å². The Hall–Kier alpha value is -2.83. The second-order valence-electron chi connectivity index (χ2n) is 6.59. The minimum absolute atomic E-state index is 0.180. The van der Waals surface area contributed by atoms with Crippen molar-refractivity contribution in [2.24, 2.45) is 0 Å². The fraction of sp³-hybridized carbons (Fsp3) is 0.273. The van der Waals surface area contributed by atoms with Gasteiger partial charge in [0.1, 0.15) is 24.7 Å². The molecular weight excluding hydrogens is 390 g/mol. The van der Waals surface area contributed by atoms with E-state index < -0.39 is 0 Å². The molecule has 6 nitrogen and oxygen atoms in total. The lowest BCUT2D eigenvalue weighted by atomic mass is 10.3. The van der Waals surface area contributed by atoms with Crippen LogP contribution in [0.2, 0.25) is 5.02 Å². The molecule has 1 N–H and O–H groups in total. The van der Waals surface area contributed by atoms with Gasteiger partial charge in [-0.2, -0.15) is 0 Å². The molecule has 0 saturated carbocycles. The minimum atomic E-state index is -0.180. The molecule has 0 bridgehead atoms. The Morgan fingerprint density at radius 3 is 2.55 bits per heavy atom. The highest BCUT2D eigenvalue weighted by molar-refractivity contribution is 6.30. The Labute approximate surface area is 175 Å². The molecule has 152 valence electrons. The molecule has 0 saturated heterocycles. The fourth-order valence-corrected chi connectivity index (χ4v) is 2.86. The molecule has 0 radical (unpaired) electrons. The number of aromatic nitrogens is 2. The van der Waals surface area contributed by atoms with E-state index in [2.05, 4.69) is 24.1 Å². The van der Waals surface area contributed by atoms with Crippen molar-refractivity contribution in [3.8, 4) is 17.2 Å². The molecule has 0 fully saturated rings. The van der Waals surface area contributed by atoms with E-state index in [4.69, 9.17) is 21.1 Å².